The third-order valence-electron chi connectivity index (χ3n) is 5.30. The maximum atomic E-state index is 13.1. The molecule has 0 aliphatic rings. The summed E-state index contributed by atoms with van der Waals surface area (Å²) >= 11 is 1.38. The minimum Gasteiger partial charge on any atom is -0.312 e. The van der Waals surface area contributed by atoms with E-state index in [9.17, 15) is 4.79 Å². The topological polar surface area (TPSA) is 58.8 Å². The lowest BCUT2D eigenvalue weighted by Crippen LogP contribution is -2.14. The first-order chi connectivity index (χ1) is 17.3. The number of benzene rings is 4. The molecule has 0 radical (unpaired) electrons. The van der Waals surface area contributed by atoms with E-state index in [4.69, 9.17) is 0 Å². The van der Waals surface area contributed by atoms with Crippen LogP contribution in [0.3, 0.4) is 0 Å². The molecule has 0 aliphatic carbocycles. The highest BCUT2D eigenvalue weighted by atomic mass is 32.1. The molecule has 0 spiro atoms. The van der Waals surface area contributed by atoms with Gasteiger partial charge >= 0.3 is 0 Å². The summed E-state index contributed by atoms with van der Waals surface area (Å²) in [5.74, 6) is -0.177. The number of para-hydroxylation sites is 1. The minimum absolute atomic E-state index is 0.177. The molecule has 35 heavy (non-hydrogen) atoms. The van der Waals surface area contributed by atoms with Crippen molar-refractivity contribution in [1.82, 2.24) is 4.57 Å². The van der Waals surface area contributed by atoms with E-state index in [1.807, 2.05) is 114 Å². The quantitative estimate of drug-likeness (QED) is 0.225. The van der Waals surface area contributed by atoms with Crippen molar-refractivity contribution in [2.45, 2.75) is 0 Å². The van der Waals surface area contributed by atoms with E-state index in [1.54, 1.807) is 18.3 Å². The zero-order chi connectivity index (χ0) is 23.9. The molecule has 0 saturated heterocycles. The molecule has 0 aliphatic heterocycles. The normalized spacial score (nSPS) is 11.6. The number of amides is 1. The second kappa shape index (κ2) is 10.6. The van der Waals surface area contributed by atoms with Gasteiger partial charge in [0, 0.05) is 16.8 Å². The smallest absolute Gasteiger partial charge is 0.256 e. The van der Waals surface area contributed by atoms with Crippen molar-refractivity contribution < 1.29 is 4.79 Å². The molecule has 0 fully saturated rings. The van der Waals surface area contributed by atoms with Crippen LogP contribution in [-0.4, -0.2) is 16.7 Å². The van der Waals surface area contributed by atoms with E-state index in [0.29, 0.717) is 15.4 Å². The first-order valence-corrected chi connectivity index (χ1v) is 12.0. The van der Waals surface area contributed by atoms with Crippen molar-refractivity contribution in [2.75, 3.05) is 5.32 Å². The first-order valence-electron chi connectivity index (χ1n) is 11.1. The third-order valence-corrected chi connectivity index (χ3v) is 6.24. The van der Waals surface area contributed by atoms with Gasteiger partial charge in [-0.05, 0) is 29.8 Å². The van der Waals surface area contributed by atoms with Gasteiger partial charge in [0.15, 0.2) is 0 Å². The Morgan fingerprint density at radius 2 is 1.31 bits per heavy atom. The third kappa shape index (κ3) is 5.18. The summed E-state index contributed by atoms with van der Waals surface area (Å²) in [6.07, 6.45) is 1.72. The highest BCUT2D eigenvalue weighted by Gasteiger charge is 2.19. The second-order valence-corrected chi connectivity index (χ2v) is 8.65. The van der Waals surface area contributed by atoms with E-state index in [-0.39, 0.29) is 5.91 Å². The zero-order valence-corrected chi connectivity index (χ0v) is 19.6. The van der Waals surface area contributed by atoms with Crippen LogP contribution in [0.25, 0.3) is 16.9 Å². The molecule has 6 heteroatoms. The maximum absolute atomic E-state index is 13.1. The van der Waals surface area contributed by atoms with Gasteiger partial charge in [-0.1, -0.05) is 108 Å². The molecule has 5 rings (SSSR count). The Hall–Kier alpha value is -4.55. The van der Waals surface area contributed by atoms with Crippen LogP contribution in [-0.2, 0) is 0 Å². The number of anilines is 1. The van der Waals surface area contributed by atoms with E-state index in [1.165, 1.54) is 11.3 Å². The van der Waals surface area contributed by atoms with Crippen LogP contribution in [0.1, 0.15) is 15.9 Å². The highest BCUT2D eigenvalue weighted by Crippen LogP contribution is 2.33. The number of rotatable bonds is 6. The predicted octanol–water partition coefficient (Wildman–Crippen LogP) is 6.39. The van der Waals surface area contributed by atoms with Gasteiger partial charge < -0.3 is 5.32 Å². The molecule has 1 amide bonds. The molecule has 5 nitrogen and oxygen atoms in total. The van der Waals surface area contributed by atoms with E-state index >= 15 is 0 Å². The van der Waals surface area contributed by atoms with Gasteiger partial charge in [-0.15, -0.1) is 5.10 Å². The predicted molar refractivity (Wildman–Crippen MR) is 143 cm³/mol. The zero-order valence-electron chi connectivity index (χ0n) is 18.8. The van der Waals surface area contributed by atoms with Gasteiger partial charge in [0.05, 0.1) is 11.9 Å². The molecule has 1 heterocycles. The fourth-order valence-corrected chi connectivity index (χ4v) is 4.66. The summed E-state index contributed by atoms with van der Waals surface area (Å²) in [7, 11) is 0. The van der Waals surface area contributed by atoms with Crippen LogP contribution in [0.15, 0.2) is 132 Å². The Balaban J connectivity index is 1.68. The molecule has 1 aromatic heterocycles. The van der Waals surface area contributed by atoms with E-state index in [0.717, 1.165) is 22.5 Å². The van der Waals surface area contributed by atoms with Crippen LogP contribution in [0.2, 0.25) is 0 Å². The molecule has 0 bridgehead atoms. The van der Waals surface area contributed by atoms with Crippen molar-refractivity contribution in [3.63, 3.8) is 0 Å². The second-order valence-electron chi connectivity index (χ2n) is 7.67. The molecule has 0 atom stereocenters. The van der Waals surface area contributed by atoms with Crippen molar-refractivity contribution >= 4 is 28.5 Å². The first kappa shape index (κ1) is 22.3. The fourth-order valence-electron chi connectivity index (χ4n) is 3.65. The number of nitrogens with zero attached hydrogens (tertiary/aromatic N) is 3. The summed E-state index contributed by atoms with van der Waals surface area (Å²) in [5.41, 5.74) is 4.28. The van der Waals surface area contributed by atoms with Crippen molar-refractivity contribution in [2.24, 2.45) is 10.2 Å². The SMILES string of the molecule is O=C(Nc1sc(=NN=Cc2ccccc2)n(-c2ccccc2)c1-c1ccccc1)c1ccccc1. The molecule has 0 saturated carbocycles. The van der Waals surface area contributed by atoms with Gasteiger partial charge in [-0.25, -0.2) is 0 Å². The number of hydrogen-bond acceptors (Lipinski definition) is 4. The summed E-state index contributed by atoms with van der Waals surface area (Å²) in [4.78, 5) is 13.7. The number of hydrogen-bond donors (Lipinski definition) is 1. The summed E-state index contributed by atoms with van der Waals surface area (Å²) in [6.45, 7) is 0. The number of carbonyl (C=O) groups is 1. The van der Waals surface area contributed by atoms with Crippen molar-refractivity contribution in [1.29, 1.82) is 0 Å². The summed E-state index contributed by atoms with van der Waals surface area (Å²) in [5, 5.41) is 12.7. The van der Waals surface area contributed by atoms with Crippen LogP contribution in [0.5, 0.6) is 0 Å². The highest BCUT2D eigenvalue weighted by molar-refractivity contribution is 7.14. The summed E-state index contributed by atoms with van der Waals surface area (Å²) in [6, 6.07) is 39.0. The largest absolute Gasteiger partial charge is 0.312 e. The molecule has 4 aromatic carbocycles. The van der Waals surface area contributed by atoms with Gasteiger partial charge in [-0.2, -0.15) is 5.10 Å². The Labute approximate surface area is 207 Å². The number of nitrogens with one attached hydrogen (secondary N) is 1. The van der Waals surface area contributed by atoms with E-state index < -0.39 is 0 Å². The minimum atomic E-state index is -0.177. The molecular weight excluding hydrogens is 452 g/mol. The van der Waals surface area contributed by atoms with Crippen molar-refractivity contribution in [3.8, 4) is 16.9 Å². The maximum Gasteiger partial charge on any atom is 0.256 e. The van der Waals surface area contributed by atoms with Crippen LogP contribution in [0, 0.1) is 0 Å². The monoisotopic (exact) mass is 474 g/mol. The van der Waals surface area contributed by atoms with E-state index in [2.05, 4.69) is 15.5 Å². The molecular formula is C29H22N4OS. The number of aromatic nitrogens is 1. The number of thiazole rings is 1. The Morgan fingerprint density at radius 3 is 1.97 bits per heavy atom. The van der Waals surface area contributed by atoms with Gasteiger partial charge in [0.2, 0.25) is 4.80 Å². The van der Waals surface area contributed by atoms with Crippen LogP contribution >= 0.6 is 11.3 Å². The average Bonchev–Trinajstić information content (AvgIpc) is 3.28. The lowest BCUT2D eigenvalue weighted by molar-refractivity contribution is 0.102. The van der Waals surface area contributed by atoms with Gasteiger partial charge in [0.25, 0.3) is 5.91 Å². The molecule has 5 aromatic rings. The lowest BCUT2D eigenvalue weighted by Gasteiger charge is -2.12. The van der Waals surface area contributed by atoms with Gasteiger partial charge in [0.1, 0.15) is 5.00 Å². The fraction of sp³-hybridized carbons (Fsp3) is 0. The van der Waals surface area contributed by atoms with Crippen molar-refractivity contribution in [3.05, 3.63) is 137 Å². The molecule has 0 unspecified atom stereocenters. The summed E-state index contributed by atoms with van der Waals surface area (Å²) < 4.78 is 2.03. The lowest BCUT2D eigenvalue weighted by atomic mass is 10.1. The van der Waals surface area contributed by atoms with Crippen LogP contribution < -0.4 is 10.1 Å². The Morgan fingerprint density at radius 1 is 0.743 bits per heavy atom. The van der Waals surface area contributed by atoms with Gasteiger partial charge in [-0.3, -0.25) is 9.36 Å². The number of carbonyl (C=O) groups excluding carboxylic acids is 1. The molecule has 1 N–H and O–H groups in total. The molecule has 170 valence electrons. The average molecular weight is 475 g/mol. The Kier molecular flexibility index (Phi) is 6.73. The van der Waals surface area contributed by atoms with Crippen LogP contribution in [0.4, 0.5) is 5.00 Å². The standard InChI is InChI=1S/C29H22N4OS/c34-27(24-17-9-3-10-18-24)31-28-26(23-15-7-2-8-16-23)33(25-19-11-4-12-20-25)29(35-28)32-30-21-22-13-5-1-6-14-22/h1-21H,(H,31,34). The Bertz CT molecular complexity index is 1510.